The van der Waals surface area contributed by atoms with Gasteiger partial charge in [0.15, 0.2) is 0 Å². The molecule has 0 aliphatic heterocycles. The van der Waals surface area contributed by atoms with Gasteiger partial charge in [0.1, 0.15) is 12.0 Å². The normalized spacial score (nSPS) is 11.9. The van der Waals surface area contributed by atoms with Gasteiger partial charge in [-0.2, -0.15) is 13.2 Å². The Hall–Kier alpha value is -2.22. The van der Waals surface area contributed by atoms with E-state index in [0.717, 1.165) is 17.6 Å². The van der Waals surface area contributed by atoms with Gasteiger partial charge in [0.2, 0.25) is 11.6 Å². The number of nitrogens with zero attached hydrogens (tertiary/aromatic N) is 2. The fourth-order valence-corrected chi connectivity index (χ4v) is 2.49. The van der Waals surface area contributed by atoms with Crippen molar-refractivity contribution in [1.29, 1.82) is 0 Å². The Morgan fingerprint density at radius 2 is 2.05 bits per heavy atom. The summed E-state index contributed by atoms with van der Waals surface area (Å²) >= 11 is 1.12. The quantitative estimate of drug-likeness (QED) is 0.679. The van der Waals surface area contributed by atoms with Crippen LogP contribution < -0.4 is 0 Å². The molecule has 0 amide bonds. The van der Waals surface area contributed by atoms with E-state index >= 15 is 0 Å². The molecule has 0 aromatic carbocycles. The molecule has 0 saturated heterocycles. The van der Waals surface area contributed by atoms with Gasteiger partial charge in [0, 0.05) is 0 Å². The Labute approximate surface area is 113 Å². The van der Waals surface area contributed by atoms with E-state index in [-0.39, 0.29) is 16.8 Å². The molecule has 0 N–H and O–H groups in total. The predicted molar refractivity (Wildman–Crippen MR) is 64.6 cm³/mol. The fraction of sp³-hybridized carbons (Fsp3) is 0.0833. The van der Waals surface area contributed by atoms with Crippen molar-refractivity contribution in [1.82, 2.24) is 9.97 Å². The van der Waals surface area contributed by atoms with E-state index in [2.05, 4.69) is 9.97 Å². The minimum absolute atomic E-state index is 0.101. The van der Waals surface area contributed by atoms with Gasteiger partial charge >= 0.3 is 6.18 Å². The Balaban J connectivity index is 2.23. The predicted octanol–water partition coefficient (Wildman–Crippen LogP) is 3.53. The average Bonchev–Trinajstić information content (AvgIpc) is 3.06. The van der Waals surface area contributed by atoms with Crippen LogP contribution in [0.15, 0.2) is 34.5 Å². The number of furan rings is 1. The molecule has 20 heavy (non-hydrogen) atoms. The smallest absolute Gasteiger partial charge is 0.451 e. The highest BCUT2D eigenvalue weighted by Gasteiger charge is 2.36. The van der Waals surface area contributed by atoms with Gasteiger partial charge < -0.3 is 4.42 Å². The number of carbonyl (C=O) groups excluding carboxylic acids is 1. The molecule has 0 saturated carbocycles. The standard InChI is InChI=1S/C12H5F3N2O2S/c13-12(14,15)11-16-7-2-4-20-10(7)8(17-11)9(18)6-1-3-19-5-6/h1-5H. The van der Waals surface area contributed by atoms with Gasteiger partial charge in [-0.15, -0.1) is 11.3 Å². The van der Waals surface area contributed by atoms with Crippen LogP contribution in [-0.2, 0) is 6.18 Å². The summed E-state index contributed by atoms with van der Waals surface area (Å²) in [6.07, 6.45) is -2.27. The number of hydrogen-bond donors (Lipinski definition) is 0. The van der Waals surface area contributed by atoms with Gasteiger partial charge in [0.25, 0.3) is 0 Å². The van der Waals surface area contributed by atoms with Crippen molar-refractivity contribution in [3.63, 3.8) is 0 Å². The van der Waals surface area contributed by atoms with E-state index in [1.165, 1.54) is 18.4 Å². The lowest BCUT2D eigenvalue weighted by molar-refractivity contribution is -0.144. The zero-order chi connectivity index (χ0) is 14.3. The molecular weight excluding hydrogens is 293 g/mol. The van der Waals surface area contributed by atoms with Gasteiger partial charge in [-0.1, -0.05) is 0 Å². The first kappa shape index (κ1) is 12.8. The van der Waals surface area contributed by atoms with Crippen LogP contribution in [0.2, 0.25) is 0 Å². The van der Waals surface area contributed by atoms with E-state index < -0.39 is 17.8 Å². The second kappa shape index (κ2) is 4.41. The summed E-state index contributed by atoms with van der Waals surface area (Å²) in [6, 6.07) is 2.79. The summed E-state index contributed by atoms with van der Waals surface area (Å²) in [6.45, 7) is 0. The van der Waals surface area contributed by atoms with E-state index in [9.17, 15) is 18.0 Å². The molecule has 0 unspecified atom stereocenters. The summed E-state index contributed by atoms with van der Waals surface area (Å²) in [5, 5.41) is 1.56. The molecule has 3 heterocycles. The highest BCUT2D eigenvalue weighted by Crippen LogP contribution is 2.31. The van der Waals surface area contributed by atoms with E-state index in [0.29, 0.717) is 4.70 Å². The molecule has 0 fully saturated rings. The molecule has 4 nitrogen and oxygen atoms in total. The third-order valence-electron chi connectivity index (χ3n) is 2.56. The third-order valence-corrected chi connectivity index (χ3v) is 3.47. The lowest BCUT2D eigenvalue weighted by Gasteiger charge is -2.07. The fourth-order valence-electron chi connectivity index (χ4n) is 1.67. The molecule has 0 aliphatic carbocycles. The van der Waals surface area contributed by atoms with Gasteiger partial charge in [-0.05, 0) is 17.5 Å². The van der Waals surface area contributed by atoms with Crippen LogP contribution in [0.5, 0.6) is 0 Å². The molecule has 0 spiro atoms. The number of aromatic nitrogens is 2. The lowest BCUT2D eigenvalue weighted by Crippen LogP contribution is -2.15. The van der Waals surface area contributed by atoms with Crippen LogP contribution in [0.25, 0.3) is 10.2 Å². The Kier molecular flexibility index (Phi) is 2.82. The van der Waals surface area contributed by atoms with Crippen LogP contribution in [0.3, 0.4) is 0 Å². The number of hydrogen-bond acceptors (Lipinski definition) is 5. The van der Waals surface area contributed by atoms with E-state index in [4.69, 9.17) is 4.42 Å². The van der Waals surface area contributed by atoms with Crippen LogP contribution in [-0.4, -0.2) is 15.8 Å². The number of halogens is 3. The maximum atomic E-state index is 12.8. The molecule has 102 valence electrons. The summed E-state index contributed by atoms with van der Waals surface area (Å²) < 4.78 is 43.4. The Bertz CT molecular complexity index is 778. The molecule has 0 bridgehead atoms. The van der Waals surface area contributed by atoms with Crippen LogP contribution in [0, 0.1) is 0 Å². The summed E-state index contributed by atoms with van der Waals surface area (Å²) in [5.74, 6) is -1.95. The van der Waals surface area contributed by atoms with Crippen molar-refractivity contribution in [2.45, 2.75) is 6.18 Å². The molecule has 3 aromatic heterocycles. The Morgan fingerprint density at radius 3 is 2.70 bits per heavy atom. The minimum atomic E-state index is -4.71. The third kappa shape index (κ3) is 2.07. The number of rotatable bonds is 2. The molecule has 3 aromatic rings. The number of ketones is 1. The first-order valence-electron chi connectivity index (χ1n) is 5.36. The molecular formula is C12H5F3N2O2S. The topological polar surface area (TPSA) is 56.0 Å². The van der Waals surface area contributed by atoms with E-state index in [1.807, 2.05) is 0 Å². The summed E-state index contributed by atoms with van der Waals surface area (Å²) in [7, 11) is 0. The van der Waals surface area contributed by atoms with Crippen molar-refractivity contribution in [2.75, 3.05) is 0 Å². The minimum Gasteiger partial charge on any atom is -0.472 e. The maximum Gasteiger partial charge on any atom is 0.451 e. The van der Waals surface area contributed by atoms with Crippen LogP contribution in [0.4, 0.5) is 13.2 Å². The molecule has 0 atom stereocenters. The lowest BCUT2D eigenvalue weighted by atomic mass is 10.1. The maximum absolute atomic E-state index is 12.8. The largest absolute Gasteiger partial charge is 0.472 e. The SMILES string of the molecule is O=C(c1ccoc1)c1nc(C(F)(F)F)nc2ccsc12. The first-order valence-corrected chi connectivity index (χ1v) is 6.24. The van der Waals surface area contributed by atoms with Gasteiger partial charge in [-0.3, -0.25) is 4.79 Å². The molecule has 0 radical (unpaired) electrons. The zero-order valence-corrected chi connectivity index (χ0v) is 10.5. The molecule has 8 heteroatoms. The van der Waals surface area contributed by atoms with Crippen molar-refractivity contribution in [3.8, 4) is 0 Å². The summed E-state index contributed by atoms with van der Waals surface area (Å²) in [5.41, 5.74) is -0.0191. The van der Waals surface area contributed by atoms with Crippen molar-refractivity contribution >= 4 is 27.3 Å². The first-order chi connectivity index (χ1) is 9.47. The second-order valence-corrected chi connectivity index (χ2v) is 4.79. The van der Waals surface area contributed by atoms with Crippen molar-refractivity contribution in [2.24, 2.45) is 0 Å². The zero-order valence-electron chi connectivity index (χ0n) is 9.64. The average molecular weight is 298 g/mol. The number of thiophene rings is 1. The second-order valence-electron chi connectivity index (χ2n) is 3.87. The van der Waals surface area contributed by atoms with Gasteiger partial charge in [0.05, 0.1) is 22.0 Å². The highest BCUT2D eigenvalue weighted by molar-refractivity contribution is 7.17. The number of fused-ring (bicyclic) bond motifs is 1. The highest BCUT2D eigenvalue weighted by atomic mass is 32.1. The van der Waals surface area contributed by atoms with Gasteiger partial charge in [-0.25, -0.2) is 9.97 Å². The van der Waals surface area contributed by atoms with Crippen LogP contribution in [0.1, 0.15) is 21.9 Å². The van der Waals surface area contributed by atoms with Crippen molar-refractivity contribution in [3.05, 3.63) is 47.1 Å². The molecule has 3 rings (SSSR count). The number of carbonyl (C=O) groups is 1. The summed E-state index contributed by atoms with van der Waals surface area (Å²) in [4.78, 5) is 19.0. The monoisotopic (exact) mass is 298 g/mol. The molecule has 0 aliphatic rings. The number of alkyl halides is 3. The van der Waals surface area contributed by atoms with E-state index in [1.54, 1.807) is 5.38 Å². The Morgan fingerprint density at radius 1 is 1.25 bits per heavy atom. The van der Waals surface area contributed by atoms with Crippen LogP contribution >= 0.6 is 11.3 Å². The van der Waals surface area contributed by atoms with Crippen molar-refractivity contribution < 1.29 is 22.4 Å².